The number of carbonyl (C=O) groups excluding carboxylic acids is 2. The zero-order chi connectivity index (χ0) is 44.2. The molecule has 0 radical (unpaired) electrons. The number of aliphatic carboxylic acids is 1. The van der Waals surface area contributed by atoms with Gasteiger partial charge >= 0.3 is 17.9 Å². The third-order valence-electron chi connectivity index (χ3n) is 10.3. The van der Waals surface area contributed by atoms with Crippen LogP contribution in [0, 0.1) is 0 Å². The molecule has 0 saturated carbocycles. The first-order chi connectivity index (χ1) is 29.1. The number of hydrogen-bond acceptors (Lipinski definition) is 7. The lowest BCUT2D eigenvalue weighted by molar-refractivity contribution is -0.870. The van der Waals surface area contributed by atoms with Gasteiger partial charge in [-0.15, -0.1) is 0 Å². The molecule has 0 aromatic heterocycles. The summed E-state index contributed by atoms with van der Waals surface area (Å²) >= 11 is 0. The first-order valence-corrected chi connectivity index (χ1v) is 24.3. The van der Waals surface area contributed by atoms with Gasteiger partial charge in [-0.25, -0.2) is 4.79 Å². The number of ether oxygens (including phenoxy) is 4. The van der Waals surface area contributed by atoms with Gasteiger partial charge in [0.25, 0.3) is 6.29 Å². The van der Waals surface area contributed by atoms with Crippen molar-refractivity contribution in [1.82, 2.24) is 0 Å². The molecule has 0 aliphatic rings. The van der Waals surface area contributed by atoms with E-state index < -0.39 is 24.3 Å². The molecule has 2 atom stereocenters. The summed E-state index contributed by atoms with van der Waals surface area (Å²) in [6.45, 7) is 4.75. The largest absolute Gasteiger partial charge is 0.477 e. The molecular weight excluding hydrogens is 755 g/mol. The maximum absolute atomic E-state index is 12.8. The molecule has 0 aromatic carbocycles. The molecule has 1 N–H and O–H groups in total. The Morgan fingerprint density at radius 2 is 0.950 bits per heavy atom. The number of quaternary nitrogens is 1. The van der Waals surface area contributed by atoms with Crippen molar-refractivity contribution in [3.63, 3.8) is 0 Å². The molecule has 348 valence electrons. The fourth-order valence-electron chi connectivity index (χ4n) is 6.59. The summed E-state index contributed by atoms with van der Waals surface area (Å²) < 4.78 is 22.8. The number of carbonyl (C=O) groups is 3. The fourth-order valence-corrected chi connectivity index (χ4v) is 6.59. The van der Waals surface area contributed by atoms with Gasteiger partial charge in [-0.1, -0.05) is 184 Å². The number of likely N-dealkylation sites (N-methyl/N-ethyl adjacent to an activating group) is 1. The van der Waals surface area contributed by atoms with Crippen molar-refractivity contribution in [2.24, 2.45) is 0 Å². The molecule has 0 fully saturated rings. The van der Waals surface area contributed by atoms with Gasteiger partial charge in [-0.05, 0) is 51.4 Å². The Kier molecular flexibility index (Phi) is 41.0. The number of carboxylic acid groups (broad SMARTS) is 1. The van der Waals surface area contributed by atoms with Crippen LogP contribution in [0.15, 0.2) is 48.6 Å². The monoisotopic (exact) mass is 847 g/mol. The number of allylic oxidation sites excluding steroid dienone is 8. The third-order valence-corrected chi connectivity index (χ3v) is 10.3. The van der Waals surface area contributed by atoms with Crippen molar-refractivity contribution in [1.29, 1.82) is 0 Å². The van der Waals surface area contributed by atoms with Crippen LogP contribution >= 0.6 is 0 Å². The van der Waals surface area contributed by atoms with Crippen molar-refractivity contribution in [3.8, 4) is 0 Å². The quantitative estimate of drug-likeness (QED) is 0.0212. The number of unbranched alkanes of at least 4 members (excludes halogenated alkanes) is 21. The summed E-state index contributed by atoms with van der Waals surface area (Å²) in [7, 11) is 5.95. The Hall–Kier alpha value is -2.75. The van der Waals surface area contributed by atoms with E-state index >= 15 is 0 Å². The van der Waals surface area contributed by atoms with Crippen LogP contribution in [0.3, 0.4) is 0 Å². The number of hydrogen-bond donors (Lipinski definition) is 1. The van der Waals surface area contributed by atoms with Gasteiger partial charge in [-0.2, -0.15) is 0 Å². The number of esters is 2. The molecule has 0 amide bonds. The van der Waals surface area contributed by atoms with Gasteiger partial charge < -0.3 is 28.5 Å². The molecule has 0 aromatic rings. The molecule has 0 rings (SSSR count). The second-order valence-electron chi connectivity index (χ2n) is 17.4. The fraction of sp³-hybridized carbons (Fsp3) is 0.784. The molecule has 9 heteroatoms. The molecule has 0 heterocycles. The molecule has 0 aliphatic carbocycles. The first kappa shape index (κ1) is 57.2. The Balaban J connectivity index is 4.41. The molecule has 2 unspecified atom stereocenters. The highest BCUT2D eigenvalue weighted by molar-refractivity contribution is 5.71. The number of rotatable bonds is 44. The maximum atomic E-state index is 12.8. The van der Waals surface area contributed by atoms with Crippen molar-refractivity contribution >= 4 is 17.9 Å². The van der Waals surface area contributed by atoms with E-state index in [1.807, 2.05) is 21.1 Å². The Bertz CT molecular complexity index is 1120. The van der Waals surface area contributed by atoms with Gasteiger partial charge in [0, 0.05) is 12.8 Å². The second kappa shape index (κ2) is 42.9. The SMILES string of the molecule is CC/C=C\C/C=C\C/C=C\C/C=C\CCCCCCCCC(=O)OC(COC(=O)CCCCCCCCCCCCCCCCCC)COC(OCC[N+](C)(C)C)C(=O)O. The molecule has 0 saturated heterocycles. The van der Waals surface area contributed by atoms with Crippen LogP contribution in [0.1, 0.15) is 200 Å². The highest BCUT2D eigenvalue weighted by Crippen LogP contribution is 2.15. The van der Waals surface area contributed by atoms with Crippen LogP contribution in [-0.4, -0.2) is 87.4 Å². The van der Waals surface area contributed by atoms with E-state index in [-0.39, 0.29) is 32.2 Å². The van der Waals surface area contributed by atoms with Crippen LogP contribution in [0.4, 0.5) is 0 Å². The number of carboxylic acids is 1. The Morgan fingerprint density at radius 3 is 1.42 bits per heavy atom. The van der Waals surface area contributed by atoms with E-state index in [4.69, 9.17) is 18.9 Å². The summed E-state index contributed by atoms with van der Waals surface area (Å²) in [5, 5.41) is 9.65. The Labute approximate surface area is 368 Å². The molecule has 0 bridgehead atoms. The van der Waals surface area contributed by atoms with Crippen LogP contribution < -0.4 is 0 Å². The first-order valence-electron chi connectivity index (χ1n) is 24.3. The highest BCUT2D eigenvalue weighted by Gasteiger charge is 2.25. The molecule has 60 heavy (non-hydrogen) atoms. The molecular formula is C51H92NO8+. The smallest absolute Gasteiger partial charge is 0.361 e. The highest BCUT2D eigenvalue weighted by atomic mass is 16.7. The lowest BCUT2D eigenvalue weighted by Gasteiger charge is -2.25. The van der Waals surface area contributed by atoms with Crippen molar-refractivity contribution in [2.75, 3.05) is 47.5 Å². The average Bonchev–Trinajstić information content (AvgIpc) is 3.21. The van der Waals surface area contributed by atoms with Crippen LogP contribution in [0.25, 0.3) is 0 Å². The van der Waals surface area contributed by atoms with E-state index in [9.17, 15) is 19.5 Å². The molecule has 0 spiro atoms. The minimum atomic E-state index is -1.51. The average molecular weight is 847 g/mol. The van der Waals surface area contributed by atoms with E-state index in [0.29, 0.717) is 23.9 Å². The summed E-state index contributed by atoms with van der Waals surface area (Å²) in [5.74, 6) is -2.02. The van der Waals surface area contributed by atoms with Crippen molar-refractivity contribution in [3.05, 3.63) is 48.6 Å². The van der Waals surface area contributed by atoms with Gasteiger partial charge in [0.05, 0.1) is 34.4 Å². The molecule has 9 nitrogen and oxygen atoms in total. The zero-order valence-corrected chi connectivity index (χ0v) is 39.4. The van der Waals surface area contributed by atoms with E-state index in [1.54, 1.807) is 0 Å². The third kappa shape index (κ3) is 43.3. The van der Waals surface area contributed by atoms with Gasteiger partial charge in [0.2, 0.25) is 0 Å². The summed E-state index contributed by atoms with van der Waals surface area (Å²) in [6, 6.07) is 0. The van der Waals surface area contributed by atoms with Gasteiger partial charge in [0.1, 0.15) is 13.2 Å². The summed E-state index contributed by atoms with van der Waals surface area (Å²) in [6.07, 6.45) is 47.4. The van der Waals surface area contributed by atoms with Gasteiger partial charge in [0.15, 0.2) is 6.10 Å². The number of nitrogens with zero attached hydrogens (tertiary/aromatic N) is 1. The van der Waals surface area contributed by atoms with E-state index in [1.165, 1.54) is 83.5 Å². The minimum absolute atomic E-state index is 0.184. The lowest BCUT2D eigenvalue weighted by Crippen LogP contribution is -2.40. The maximum Gasteiger partial charge on any atom is 0.361 e. The van der Waals surface area contributed by atoms with Gasteiger partial charge in [-0.3, -0.25) is 9.59 Å². The Morgan fingerprint density at radius 1 is 0.517 bits per heavy atom. The summed E-state index contributed by atoms with van der Waals surface area (Å²) in [4.78, 5) is 37.2. The zero-order valence-electron chi connectivity index (χ0n) is 39.4. The standard InChI is InChI=1S/C51H91NO8/c1-6-8-10-12-14-16-18-20-22-24-25-26-28-30-32-34-36-38-40-42-49(54)60-47(46-59-51(50(55)56)57-44-43-52(3,4)5)45-58-48(53)41-39-37-35-33-31-29-27-23-21-19-17-15-13-11-9-7-2/h8,10,14,16,20,22,25-26,47,51H,6-7,9,11-13,15,17-19,21,23-24,27-46H2,1-5H3/p+1/b10-8-,16-14-,22-20-,26-25-. The summed E-state index contributed by atoms with van der Waals surface area (Å²) in [5.41, 5.74) is 0. The van der Waals surface area contributed by atoms with Crippen LogP contribution in [-0.2, 0) is 33.3 Å². The van der Waals surface area contributed by atoms with Crippen molar-refractivity contribution < 1.29 is 42.9 Å². The van der Waals surface area contributed by atoms with E-state index in [2.05, 4.69) is 62.5 Å². The van der Waals surface area contributed by atoms with Crippen molar-refractivity contribution in [2.45, 2.75) is 212 Å². The molecule has 0 aliphatic heterocycles. The predicted molar refractivity (Wildman–Crippen MR) is 249 cm³/mol. The second-order valence-corrected chi connectivity index (χ2v) is 17.4. The lowest BCUT2D eigenvalue weighted by atomic mass is 10.0. The topological polar surface area (TPSA) is 108 Å². The minimum Gasteiger partial charge on any atom is -0.477 e. The normalized spacial score (nSPS) is 13.3. The predicted octanol–water partition coefficient (Wildman–Crippen LogP) is 13.2. The van der Waals surface area contributed by atoms with E-state index in [0.717, 1.165) is 83.5 Å². The van der Waals surface area contributed by atoms with Crippen LogP contribution in [0.5, 0.6) is 0 Å². The van der Waals surface area contributed by atoms with Crippen LogP contribution in [0.2, 0.25) is 0 Å².